The Balaban J connectivity index is 2.23. The van der Waals surface area contributed by atoms with Gasteiger partial charge in [0.05, 0.1) is 0 Å². The minimum absolute atomic E-state index is 0.306. The van der Waals surface area contributed by atoms with Crippen LogP contribution in [0.25, 0.3) is 0 Å². The second kappa shape index (κ2) is 13.9. The topological polar surface area (TPSA) is 12.0 Å². The summed E-state index contributed by atoms with van der Waals surface area (Å²) >= 11 is 0. The van der Waals surface area contributed by atoms with Crippen molar-refractivity contribution >= 4 is 0 Å². The molecule has 0 radical (unpaired) electrons. The average molecular weight is 460 g/mol. The first-order valence-electron chi connectivity index (χ1n) is 14.2. The highest BCUT2D eigenvalue weighted by molar-refractivity contribution is 5.27. The quantitative estimate of drug-likeness (QED) is 0.240. The zero-order chi connectivity index (χ0) is 24.4. The number of alkyl halides is 1. The molecule has 6 atom stereocenters. The van der Waals surface area contributed by atoms with E-state index in [2.05, 4.69) is 59.5 Å². The predicted octanol–water partition coefficient (Wildman–Crippen LogP) is 9.35. The molecule has 6 unspecified atom stereocenters. The fraction of sp³-hybridized carbons (Fsp3) is 0.806. The molecule has 190 valence electrons. The Morgan fingerprint density at radius 2 is 1.88 bits per heavy atom. The molecule has 2 rings (SSSR count). The van der Waals surface area contributed by atoms with Crippen molar-refractivity contribution in [3.63, 3.8) is 0 Å². The number of hydrogen-bond donors (Lipinski definition) is 1. The van der Waals surface area contributed by atoms with Gasteiger partial charge in [-0.2, -0.15) is 0 Å². The molecule has 0 aromatic carbocycles. The molecule has 0 heterocycles. The van der Waals surface area contributed by atoms with E-state index >= 15 is 4.39 Å². The molecule has 0 amide bonds. The summed E-state index contributed by atoms with van der Waals surface area (Å²) in [6, 6.07) is 0.429. The lowest BCUT2D eigenvalue weighted by molar-refractivity contribution is 0.125. The van der Waals surface area contributed by atoms with Gasteiger partial charge < -0.3 is 5.32 Å². The molecule has 2 heteroatoms. The molecule has 2 aliphatic rings. The van der Waals surface area contributed by atoms with Crippen LogP contribution in [0.4, 0.5) is 4.39 Å². The van der Waals surface area contributed by atoms with Gasteiger partial charge in [-0.3, -0.25) is 0 Å². The molecular weight excluding hydrogens is 405 g/mol. The molecule has 1 nitrogen and oxygen atoms in total. The third-order valence-corrected chi connectivity index (χ3v) is 9.24. The van der Waals surface area contributed by atoms with Crippen molar-refractivity contribution in [3.8, 4) is 0 Å². The SMILES string of the molecule is C=CC1=CC(CC)(CCCCC)C(F)CCC1CNC1C(C)=C(C)CCCC(CCC)C1C. The first-order chi connectivity index (χ1) is 15.8. The fourth-order valence-corrected chi connectivity index (χ4v) is 6.63. The molecule has 0 bridgehead atoms. The second-order valence-corrected chi connectivity index (χ2v) is 11.3. The van der Waals surface area contributed by atoms with Crippen molar-refractivity contribution in [2.24, 2.45) is 23.2 Å². The van der Waals surface area contributed by atoms with Crippen molar-refractivity contribution in [2.75, 3.05) is 6.54 Å². The van der Waals surface area contributed by atoms with Crippen LogP contribution in [-0.2, 0) is 0 Å². The monoisotopic (exact) mass is 459 g/mol. The van der Waals surface area contributed by atoms with E-state index in [0.717, 1.165) is 38.1 Å². The normalized spacial score (nSPS) is 33.8. The highest BCUT2D eigenvalue weighted by Gasteiger charge is 2.39. The molecule has 0 aliphatic heterocycles. The van der Waals surface area contributed by atoms with Gasteiger partial charge in [-0.05, 0) is 82.1 Å². The van der Waals surface area contributed by atoms with Crippen molar-refractivity contribution in [1.82, 2.24) is 5.32 Å². The van der Waals surface area contributed by atoms with Gasteiger partial charge in [-0.15, -0.1) is 0 Å². The smallest absolute Gasteiger partial charge is 0.109 e. The molecule has 0 fully saturated rings. The predicted molar refractivity (Wildman–Crippen MR) is 144 cm³/mol. The van der Waals surface area contributed by atoms with Crippen LogP contribution in [0.5, 0.6) is 0 Å². The number of nitrogens with one attached hydrogen (secondary N) is 1. The van der Waals surface area contributed by atoms with E-state index < -0.39 is 6.17 Å². The minimum Gasteiger partial charge on any atom is -0.309 e. The van der Waals surface area contributed by atoms with Crippen LogP contribution in [0, 0.1) is 23.2 Å². The number of unbranched alkanes of at least 4 members (excludes halogenated alkanes) is 2. The van der Waals surface area contributed by atoms with Gasteiger partial charge in [0.15, 0.2) is 0 Å². The van der Waals surface area contributed by atoms with Gasteiger partial charge in [0, 0.05) is 18.0 Å². The van der Waals surface area contributed by atoms with E-state index in [4.69, 9.17) is 0 Å². The third kappa shape index (κ3) is 7.30. The molecule has 2 aliphatic carbocycles. The summed E-state index contributed by atoms with van der Waals surface area (Å²) in [7, 11) is 0. The summed E-state index contributed by atoms with van der Waals surface area (Å²) in [4.78, 5) is 0. The van der Waals surface area contributed by atoms with Gasteiger partial charge in [-0.25, -0.2) is 4.39 Å². The number of halogens is 1. The molecule has 0 aromatic heterocycles. The van der Waals surface area contributed by atoms with Gasteiger partial charge in [0.2, 0.25) is 0 Å². The van der Waals surface area contributed by atoms with Crippen molar-refractivity contribution in [2.45, 2.75) is 131 Å². The summed E-state index contributed by atoms with van der Waals surface area (Å²) in [5.74, 6) is 1.79. The van der Waals surface area contributed by atoms with Crippen LogP contribution in [0.3, 0.4) is 0 Å². The molecule has 1 N–H and O–H groups in total. The molecule has 0 saturated carbocycles. The van der Waals surface area contributed by atoms with E-state index in [1.807, 2.05) is 6.08 Å². The molecule has 0 saturated heterocycles. The zero-order valence-corrected chi connectivity index (χ0v) is 22.8. The Hall–Kier alpha value is -0.890. The van der Waals surface area contributed by atoms with Crippen molar-refractivity contribution in [1.29, 1.82) is 0 Å². The van der Waals surface area contributed by atoms with Crippen LogP contribution in [-0.4, -0.2) is 18.8 Å². The Kier molecular flexibility index (Phi) is 11.9. The van der Waals surface area contributed by atoms with Crippen molar-refractivity contribution < 1.29 is 4.39 Å². The molecule has 0 aromatic rings. The van der Waals surface area contributed by atoms with E-state index in [1.165, 1.54) is 50.5 Å². The highest BCUT2D eigenvalue weighted by Crippen LogP contribution is 2.44. The second-order valence-electron chi connectivity index (χ2n) is 11.3. The van der Waals surface area contributed by atoms with Gasteiger partial charge >= 0.3 is 0 Å². The maximum Gasteiger partial charge on any atom is 0.109 e. The summed E-state index contributed by atoms with van der Waals surface area (Å²) < 4.78 is 15.6. The summed E-state index contributed by atoms with van der Waals surface area (Å²) in [6.45, 7) is 19.0. The Morgan fingerprint density at radius 1 is 1.12 bits per heavy atom. The van der Waals surface area contributed by atoms with E-state index in [9.17, 15) is 0 Å². The van der Waals surface area contributed by atoms with Crippen LogP contribution in [0.15, 0.2) is 35.5 Å². The summed E-state index contributed by atoms with van der Waals surface area (Å²) in [5, 5.41) is 4.01. The molecule has 0 spiro atoms. The fourth-order valence-electron chi connectivity index (χ4n) is 6.63. The maximum absolute atomic E-state index is 15.6. The minimum atomic E-state index is -0.738. The van der Waals surface area contributed by atoms with Gasteiger partial charge in [-0.1, -0.05) is 89.7 Å². The van der Waals surface area contributed by atoms with Crippen molar-refractivity contribution in [3.05, 3.63) is 35.5 Å². The van der Waals surface area contributed by atoms with E-state index in [0.29, 0.717) is 24.3 Å². The maximum atomic E-state index is 15.6. The first-order valence-corrected chi connectivity index (χ1v) is 14.2. The average Bonchev–Trinajstić information content (AvgIpc) is 2.94. The lowest BCUT2D eigenvalue weighted by atomic mass is 9.74. The van der Waals surface area contributed by atoms with Crippen LogP contribution in [0.1, 0.15) is 119 Å². The largest absolute Gasteiger partial charge is 0.309 e. The standard InChI is InChI=1S/C31H54FN/c1-8-12-13-20-31(11-4)21-26(10-3)28(18-19-29(31)32)22-33-30-24(6)23(5)16-14-17-27(15-9-2)25(30)7/h10,21,25,27-30,33H,3,8-9,11-20,22H2,1-2,4-7H3. The first kappa shape index (κ1) is 28.3. The van der Waals surface area contributed by atoms with Crippen LogP contribution >= 0.6 is 0 Å². The third-order valence-electron chi connectivity index (χ3n) is 9.24. The number of allylic oxidation sites excluding steroid dienone is 3. The van der Waals surface area contributed by atoms with Crippen LogP contribution in [0.2, 0.25) is 0 Å². The Bertz CT molecular complexity index is 662. The summed E-state index contributed by atoms with van der Waals surface area (Å²) in [6.07, 6.45) is 17.1. The van der Waals surface area contributed by atoms with Crippen LogP contribution < -0.4 is 5.32 Å². The Labute approximate surface area is 205 Å². The number of hydrogen-bond acceptors (Lipinski definition) is 1. The lowest BCUT2D eigenvalue weighted by Gasteiger charge is -2.36. The van der Waals surface area contributed by atoms with Gasteiger partial charge in [0.1, 0.15) is 6.17 Å². The molecule has 33 heavy (non-hydrogen) atoms. The molecular formula is C31H54FN. The zero-order valence-electron chi connectivity index (χ0n) is 22.8. The number of rotatable bonds is 11. The van der Waals surface area contributed by atoms with E-state index in [-0.39, 0.29) is 5.41 Å². The van der Waals surface area contributed by atoms with E-state index in [1.54, 1.807) is 11.1 Å². The van der Waals surface area contributed by atoms with Gasteiger partial charge in [0.25, 0.3) is 0 Å². The highest BCUT2D eigenvalue weighted by atomic mass is 19.1. The lowest BCUT2D eigenvalue weighted by Crippen LogP contribution is -2.43. The summed E-state index contributed by atoms with van der Waals surface area (Å²) in [5.41, 5.74) is 4.09. The Morgan fingerprint density at radius 3 is 2.52 bits per heavy atom.